The van der Waals surface area contributed by atoms with E-state index < -0.39 is 14.9 Å². The van der Waals surface area contributed by atoms with Crippen LogP contribution in [-0.2, 0) is 10.0 Å². The topological polar surface area (TPSA) is 102 Å². The standard InChI is InChI=1S/C11H9N3O4S/c15-14(16)9-6-7-11(12-8-9)13-19(17,18)10-4-2-1-3-5-10/h1-8H,(H,12,13). The number of nitrogens with one attached hydrogen (secondary N) is 1. The summed E-state index contributed by atoms with van der Waals surface area (Å²) in [6.45, 7) is 0. The van der Waals surface area contributed by atoms with Crippen molar-refractivity contribution in [2.75, 3.05) is 4.72 Å². The fourth-order valence-corrected chi connectivity index (χ4v) is 2.38. The average Bonchev–Trinajstić information content (AvgIpc) is 2.40. The van der Waals surface area contributed by atoms with Gasteiger partial charge in [-0.1, -0.05) is 18.2 Å². The Balaban J connectivity index is 2.24. The molecule has 0 unspecified atom stereocenters. The maximum Gasteiger partial charge on any atom is 0.287 e. The molecule has 0 atom stereocenters. The molecule has 0 aliphatic heterocycles. The third-order valence-corrected chi connectivity index (χ3v) is 3.62. The lowest BCUT2D eigenvalue weighted by Crippen LogP contribution is -2.13. The van der Waals surface area contributed by atoms with Crippen LogP contribution in [0, 0.1) is 10.1 Å². The second-order valence-corrected chi connectivity index (χ2v) is 5.26. The van der Waals surface area contributed by atoms with E-state index in [0.717, 1.165) is 6.20 Å². The van der Waals surface area contributed by atoms with Crippen molar-refractivity contribution in [2.24, 2.45) is 0 Å². The van der Waals surface area contributed by atoms with E-state index in [-0.39, 0.29) is 16.4 Å². The zero-order chi connectivity index (χ0) is 13.9. The summed E-state index contributed by atoms with van der Waals surface area (Å²) in [5.41, 5.74) is -0.206. The number of sulfonamides is 1. The molecular weight excluding hydrogens is 270 g/mol. The van der Waals surface area contributed by atoms with Crippen molar-refractivity contribution in [1.82, 2.24) is 4.98 Å². The molecule has 0 bridgehead atoms. The number of benzene rings is 1. The Morgan fingerprint density at radius 3 is 2.32 bits per heavy atom. The Kier molecular flexibility index (Phi) is 3.43. The minimum atomic E-state index is -3.73. The van der Waals surface area contributed by atoms with Gasteiger partial charge in [0, 0.05) is 6.07 Å². The summed E-state index contributed by atoms with van der Waals surface area (Å²) in [4.78, 5) is 13.6. The van der Waals surface area contributed by atoms with Crippen molar-refractivity contribution >= 4 is 21.5 Å². The van der Waals surface area contributed by atoms with E-state index in [9.17, 15) is 18.5 Å². The second-order valence-electron chi connectivity index (χ2n) is 3.58. The Morgan fingerprint density at radius 1 is 1.11 bits per heavy atom. The summed E-state index contributed by atoms with van der Waals surface area (Å²) >= 11 is 0. The zero-order valence-corrected chi connectivity index (χ0v) is 10.4. The summed E-state index contributed by atoms with van der Waals surface area (Å²) < 4.78 is 26.1. The highest BCUT2D eigenvalue weighted by Crippen LogP contribution is 2.16. The van der Waals surface area contributed by atoms with Crippen molar-refractivity contribution in [3.05, 3.63) is 58.8 Å². The maximum atomic E-state index is 11.9. The van der Waals surface area contributed by atoms with Crippen LogP contribution in [0.2, 0.25) is 0 Å². The number of rotatable bonds is 4. The van der Waals surface area contributed by atoms with Crippen molar-refractivity contribution in [2.45, 2.75) is 4.90 Å². The lowest BCUT2D eigenvalue weighted by Gasteiger charge is -2.06. The van der Waals surface area contributed by atoms with E-state index in [1.165, 1.54) is 24.3 Å². The molecule has 0 spiro atoms. The zero-order valence-electron chi connectivity index (χ0n) is 9.55. The molecule has 2 aromatic rings. The van der Waals surface area contributed by atoms with E-state index in [1.807, 2.05) is 0 Å². The quantitative estimate of drug-likeness (QED) is 0.679. The monoisotopic (exact) mass is 279 g/mol. The van der Waals surface area contributed by atoms with Gasteiger partial charge in [0.05, 0.1) is 9.82 Å². The molecule has 98 valence electrons. The van der Waals surface area contributed by atoms with Crippen LogP contribution in [0.5, 0.6) is 0 Å². The van der Waals surface area contributed by atoms with Gasteiger partial charge >= 0.3 is 0 Å². The van der Waals surface area contributed by atoms with Crippen LogP contribution >= 0.6 is 0 Å². The van der Waals surface area contributed by atoms with Crippen LogP contribution in [-0.4, -0.2) is 18.3 Å². The first-order chi connectivity index (χ1) is 8.99. The molecule has 19 heavy (non-hydrogen) atoms. The van der Waals surface area contributed by atoms with E-state index in [4.69, 9.17) is 0 Å². The molecule has 1 heterocycles. The molecule has 0 radical (unpaired) electrons. The minimum absolute atomic E-state index is 0.0226. The molecule has 2 rings (SSSR count). The first-order valence-electron chi connectivity index (χ1n) is 5.17. The Labute approximate surface area is 109 Å². The number of nitro groups is 1. The van der Waals surface area contributed by atoms with Crippen molar-refractivity contribution in [1.29, 1.82) is 0 Å². The predicted molar refractivity (Wildman–Crippen MR) is 68.1 cm³/mol. The van der Waals surface area contributed by atoms with Gasteiger partial charge in [-0.15, -0.1) is 0 Å². The van der Waals surface area contributed by atoms with Gasteiger partial charge in [-0.05, 0) is 18.2 Å². The lowest BCUT2D eigenvalue weighted by molar-refractivity contribution is -0.385. The van der Waals surface area contributed by atoms with Crippen LogP contribution in [0.4, 0.5) is 11.5 Å². The summed E-state index contributed by atoms with van der Waals surface area (Å²) in [5, 5.41) is 10.4. The third kappa shape index (κ3) is 3.05. The van der Waals surface area contributed by atoms with Gasteiger partial charge < -0.3 is 0 Å². The van der Waals surface area contributed by atoms with Crippen molar-refractivity contribution in [3.8, 4) is 0 Å². The highest BCUT2D eigenvalue weighted by molar-refractivity contribution is 7.92. The van der Waals surface area contributed by atoms with Crippen molar-refractivity contribution < 1.29 is 13.3 Å². The fourth-order valence-electron chi connectivity index (χ4n) is 1.35. The SMILES string of the molecule is O=[N+]([O-])c1ccc(NS(=O)(=O)c2ccccc2)nc1. The van der Waals surface area contributed by atoms with Crippen molar-refractivity contribution in [3.63, 3.8) is 0 Å². The van der Waals surface area contributed by atoms with Gasteiger partial charge in [-0.25, -0.2) is 13.4 Å². The number of hydrogen-bond donors (Lipinski definition) is 1. The molecule has 0 amide bonds. The minimum Gasteiger partial charge on any atom is -0.263 e. The van der Waals surface area contributed by atoms with Gasteiger partial charge in [0.2, 0.25) is 0 Å². The fraction of sp³-hybridized carbons (Fsp3) is 0. The Morgan fingerprint density at radius 2 is 1.79 bits per heavy atom. The van der Waals surface area contributed by atoms with E-state index in [0.29, 0.717) is 0 Å². The molecular formula is C11H9N3O4S. The van der Waals surface area contributed by atoms with Gasteiger partial charge in [0.25, 0.3) is 15.7 Å². The molecule has 1 aromatic heterocycles. The highest BCUT2D eigenvalue weighted by Gasteiger charge is 2.14. The molecule has 1 N–H and O–H groups in total. The normalized spacial score (nSPS) is 10.9. The maximum absolute atomic E-state index is 11.9. The number of nitrogens with zero attached hydrogens (tertiary/aromatic N) is 2. The number of aromatic nitrogens is 1. The molecule has 0 saturated heterocycles. The smallest absolute Gasteiger partial charge is 0.263 e. The van der Waals surface area contributed by atoms with E-state index in [2.05, 4.69) is 9.71 Å². The van der Waals surface area contributed by atoms with Gasteiger partial charge in [-0.2, -0.15) is 0 Å². The van der Waals surface area contributed by atoms with Crippen LogP contribution < -0.4 is 4.72 Å². The third-order valence-electron chi connectivity index (χ3n) is 2.25. The van der Waals surface area contributed by atoms with Crippen LogP contribution in [0.25, 0.3) is 0 Å². The van der Waals surface area contributed by atoms with Gasteiger partial charge in [0.1, 0.15) is 12.0 Å². The molecule has 0 aliphatic rings. The molecule has 7 nitrogen and oxygen atoms in total. The van der Waals surface area contributed by atoms with Crippen LogP contribution in [0.15, 0.2) is 53.6 Å². The first kappa shape index (κ1) is 13.0. The van der Waals surface area contributed by atoms with Crippen LogP contribution in [0.3, 0.4) is 0 Å². The lowest BCUT2D eigenvalue weighted by atomic mass is 10.4. The van der Waals surface area contributed by atoms with E-state index in [1.54, 1.807) is 18.2 Å². The largest absolute Gasteiger partial charge is 0.287 e. The predicted octanol–water partition coefficient (Wildman–Crippen LogP) is 1.79. The first-order valence-corrected chi connectivity index (χ1v) is 6.66. The summed E-state index contributed by atoms with van der Waals surface area (Å²) in [7, 11) is -3.73. The van der Waals surface area contributed by atoms with Gasteiger partial charge in [-0.3, -0.25) is 14.8 Å². The van der Waals surface area contributed by atoms with E-state index >= 15 is 0 Å². The molecule has 0 fully saturated rings. The number of hydrogen-bond acceptors (Lipinski definition) is 5. The Bertz CT molecular complexity index is 684. The van der Waals surface area contributed by atoms with Gasteiger partial charge in [0.15, 0.2) is 0 Å². The summed E-state index contributed by atoms with van der Waals surface area (Å²) in [6, 6.07) is 10.2. The number of anilines is 1. The summed E-state index contributed by atoms with van der Waals surface area (Å²) in [6.07, 6.45) is 0.989. The molecule has 1 aromatic carbocycles. The Hall–Kier alpha value is -2.48. The average molecular weight is 279 g/mol. The molecule has 8 heteroatoms. The molecule has 0 aliphatic carbocycles. The highest BCUT2D eigenvalue weighted by atomic mass is 32.2. The van der Waals surface area contributed by atoms with Crippen LogP contribution in [0.1, 0.15) is 0 Å². The summed E-state index contributed by atoms with van der Waals surface area (Å²) in [5.74, 6) is 0.0226. The second kappa shape index (κ2) is 5.02. The number of pyridine rings is 1. The molecule has 0 saturated carbocycles.